The zero-order chi connectivity index (χ0) is 62.8. The Hall–Kier alpha value is -11.1. The van der Waals surface area contributed by atoms with Crippen LogP contribution in [-0.4, -0.2) is 34.5 Å². The van der Waals surface area contributed by atoms with Crippen LogP contribution in [-0.2, 0) is 17.3 Å². The summed E-state index contributed by atoms with van der Waals surface area (Å²) < 4.78 is 3.39. The second-order valence-electron chi connectivity index (χ2n) is 25.1. The van der Waals surface area contributed by atoms with Gasteiger partial charge >= 0.3 is 0 Å². The highest BCUT2D eigenvalue weighted by molar-refractivity contribution is 9.10. The molecule has 0 bridgehead atoms. The van der Waals surface area contributed by atoms with Crippen molar-refractivity contribution in [1.82, 2.24) is 34.5 Å². The zero-order valence-electron chi connectivity index (χ0n) is 51.9. The number of rotatable bonds is 7. The van der Waals surface area contributed by atoms with Crippen molar-refractivity contribution in [2.75, 3.05) is 0 Å². The lowest BCUT2D eigenvalue weighted by atomic mass is 9.81. The molecule has 15 aromatic rings. The number of para-hydroxylation sites is 1. The van der Waals surface area contributed by atoms with E-state index in [9.17, 15) is 0 Å². The number of fused-ring (bicyclic) bond motifs is 12. The first-order valence-corrected chi connectivity index (χ1v) is 32.4. The van der Waals surface area contributed by atoms with Crippen molar-refractivity contribution >= 4 is 37.7 Å². The zero-order valence-corrected chi connectivity index (χ0v) is 53.5. The molecule has 0 saturated heterocycles. The Kier molecular flexibility index (Phi) is 14.3. The Morgan fingerprint density at radius 2 is 0.688 bits per heavy atom. The maximum absolute atomic E-state index is 5.00. The average molecular weight is 1260 g/mol. The van der Waals surface area contributed by atoms with Gasteiger partial charge in [-0.3, -0.25) is 0 Å². The molecule has 0 amide bonds. The number of hydrogen-bond donors (Lipinski definition) is 0. The number of benzene rings is 12. The highest BCUT2D eigenvalue weighted by atomic mass is 79.9. The summed E-state index contributed by atoms with van der Waals surface area (Å²) in [5.74, 6) is 3.96. The predicted molar refractivity (Wildman–Crippen MR) is 384 cm³/mol. The van der Waals surface area contributed by atoms with E-state index in [4.69, 9.17) is 24.9 Å². The van der Waals surface area contributed by atoms with Crippen LogP contribution >= 0.6 is 15.9 Å². The third-order valence-corrected chi connectivity index (χ3v) is 19.2. The first kappa shape index (κ1) is 57.1. The van der Waals surface area contributed by atoms with Gasteiger partial charge in [0.2, 0.25) is 0 Å². The number of hydrogen-bond acceptors (Lipinski definition) is 6. The lowest BCUT2D eigenvalue weighted by molar-refractivity contribution is 0.659. The van der Waals surface area contributed by atoms with E-state index in [0.29, 0.717) is 34.9 Å². The van der Waals surface area contributed by atoms with Gasteiger partial charge in [-0.2, -0.15) is 0 Å². The Balaban J connectivity index is 0.000000122. The topological polar surface area (TPSA) is 82.3 Å². The molecule has 0 aliphatic heterocycles. The Morgan fingerprint density at radius 3 is 1.22 bits per heavy atom. The highest BCUT2D eigenvalue weighted by Crippen LogP contribution is 2.53. The van der Waals surface area contributed by atoms with Crippen molar-refractivity contribution in [1.29, 1.82) is 0 Å². The molecule has 0 fully saturated rings. The van der Waals surface area contributed by atoms with Gasteiger partial charge in [-0.15, -0.1) is 0 Å². The fourth-order valence-corrected chi connectivity index (χ4v) is 14.5. The SMILES string of the molecule is Brc1cccc(-c2nc(-c3ccccc3)nc(-c3ccccc3)n2)c1.CC1(C)c2ccccc2-c2cc3c(cc21)Cc1ccccc1-3.CC1(C)c2ccccc2-c2cc3c4ccccc4n(-c4cccc(-c5nc(-c6ccccc6)nc(-c6ccccc6)n5)c4)c3cc21. The minimum atomic E-state index is -0.0875. The molecule has 0 N–H and O–H groups in total. The van der Waals surface area contributed by atoms with Gasteiger partial charge in [-0.25, -0.2) is 29.9 Å². The Morgan fingerprint density at radius 1 is 0.280 bits per heavy atom. The predicted octanol–water partition coefficient (Wildman–Crippen LogP) is 21.5. The van der Waals surface area contributed by atoms with Crippen LogP contribution in [0.15, 0.2) is 296 Å². The molecule has 7 nitrogen and oxygen atoms in total. The van der Waals surface area contributed by atoms with Crippen LogP contribution in [0.1, 0.15) is 61.1 Å². The quantitative estimate of drug-likeness (QED) is 0.158. The molecule has 93 heavy (non-hydrogen) atoms. The van der Waals surface area contributed by atoms with E-state index >= 15 is 0 Å². The third kappa shape index (κ3) is 10.3. The lowest BCUT2D eigenvalue weighted by Gasteiger charge is -2.22. The van der Waals surface area contributed by atoms with E-state index in [1.54, 1.807) is 0 Å². The summed E-state index contributed by atoms with van der Waals surface area (Å²) in [5.41, 5.74) is 26.2. The van der Waals surface area contributed by atoms with Crippen LogP contribution in [0.4, 0.5) is 0 Å². The van der Waals surface area contributed by atoms with E-state index in [1.807, 2.05) is 146 Å². The summed E-state index contributed by atoms with van der Waals surface area (Å²) >= 11 is 3.52. The number of halogens is 1. The smallest absolute Gasteiger partial charge is 0.164 e. The number of nitrogens with zero attached hydrogens (tertiary/aromatic N) is 7. The molecular formula is C85H62BrN7. The van der Waals surface area contributed by atoms with Gasteiger partial charge in [0.15, 0.2) is 34.9 Å². The van der Waals surface area contributed by atoms with Gasteiger partial charge in [0.05, 0.1) is 11.0 Å². The molecule has 3 heterocycles. The molecule has 3 aliphatic rings. The van der Waals surface area contributed by atoms with Gasteiger partial charge in [0.25, 0.3) is 0 Å². The van der Waals surface area contributed by atoms with Crippen LogP contribution in [0.3, 0.4) is 0 Å². The second kappa shape index (κ2) is 23.3. The molecule has 3 aromatic heterocycles. The minimum absolute atomic E-state index is 0.0875. The van der Waals surface area contributed by atoms with E-state index < -0.39 is 0 Å². The van der Waals surface area contributed by atoms with Crippen molar-refractivity contribution in [3.8, 4) is 107 Å². The minimum Gasteiger partial charge on any atom is -0.309 e. The average Bonchev–Trinajstić information content (AvgIpc) is 1.57. The van der Waals surface area contributed by atoms with Crippen LogP contribution in [0.5, 0.6) is 0 Å². The third-order valence-electron chi connectivity index (χ3n) is 18.7. The molecule has 8 heteroatoms. The largest absolute Gasteiger partial charge is 0.309 e. The fourth-order valence-electron chi connectivity index (χ4n) is 14.1. The molecule has 0 saturated carbocycles. The van der Waals surface area contributed by atoms with Gasteiger partial charge in [0, 0.05) is 65.1 Å². The van der Waals surface area contributed by atoms with Crippen LogP contribution in [0.2, 0.25) is 0 Å². The molecule has 0 radical (unpaired) electrons. The maximum atomic E-state index is 5.00. The van der Waals surface area contributed by atoms with Crippen molar-refractivity contribution < 1.29 is 0 Å². The molecule has 18 rings (SSSR count). The van der Waals surface area contributed by atoms with Crippen molar-refractivity contribution in [2.24, 2.45) is 0 Å². The highest BCUT2D eigenvalue weighted by Gasteiger charge is 2.38. The summed E-state index contributed by atoms with van der Waals surface area (Å²) in [5, 5.41) is 2.50. The first-order chi connectivity index (χ1) is 45.5. The molecule has 0 spiro atoms. The summed E-state index contributed by atoms with van der Waals surface area (Å²) in [6.07, 6.45) is 1.07. The Labute approximate surface area is 550 Å². The van der Waals surface area contributed by atoms with E-state index in [0.717, 1.165) is 50.0 Å². The van der Waals surface area contributed by atoms with Crippen LogP contribution in [0.25, 0.3) is 129 Å². The normalized spacial score (nSPS) is 13.1. The fraction of sp³-hybridized carbons (Fsp3) is 0.0824. The number of aromatic nitrogens is 7. The van der Waals surface area contributed by atoms with E-state index in [-0.39, 0.29) is 10.8 Å². The summed E-state index contributed by atoms with van der Waals surface area (Å²) in [4.78, 5) is 29.0. The van der Waals surface area contributed by atoms with Gasteiger partial charge in [-0.1, -0.05) is 286 Å². The summed E-state index contributed by atoms with van der Waals surface area (Å²) in [7, 11) is 0. The molecule has 3 aliphatic carbocycles. The van der Waals surface area contributed by atoms with Crippen LogP contribution < -0.4 is 0 Å². The first-order valence-electron chi connectivity index (χ1n) is 31.7. The monoisotopic (exact) mass is 1260 g/mol. The van der Waals surface area contributed by atoms with E-state index in [1.165, 1.54) is 88.6 Å². The summed E-state index contributed by atoms with van der Waals surface area (Å²) in [6, 6.07) is 102. The van der Waals surface area contributed by atoms with E-state index in [2.05, 4.69) is 199 Å². The molecular weight excluding hydrogens is 1200 g/mol. The Bertz CT molecular complexity index is 5250. The maximum Gasteiger partial charge on any atom is 0.164 e. The standard InChI is InChI=1S/C42H30N4.C22H18.C21H14BrN3/c1-42(2)35-22-11-9-20-31(35)33-25-34-32-21-10-12-23-37(32)46(38(34)26-36(33)42)30-19-13-18-29(24-30)41-44-39(27-14-5-3-6-15-27)43-40(45-41)28-16-7-4-8-17-28;1-22(2)20-10-6-5-9-17(20)19-13-18-15(12-21(19)22)11-14-7-3-4-8-16(14)18;22-18-13-7-12-17(14-18)21-24-19(15-8-3-1-4-9-15)23-20(25-21)16-10-5-2-6-11-16/h3-26H,1-2H3;3-10,12-13H,11H2,1-2H3;1-14H. The molecule has 12 aromatic carbocycles. The lowest BCUT2D eigenvalue weighted by Crippen LogP contribution is -2.15. The molecule has 0 atom stereocenters. The second-order valence-corrected chi connectivity index (χ2v) is 26.1. The van der Waals surface area contributed by atoms with Crippen molar-refractivity contribution in [2.45, 2.75) is 44.9 Å². The summed E-state index contributed by atoms with van der Waals surface area (Å²) in [6.45, 7) is 9.39. The van der Waals surface area contributed by atoms with Gasteiger partial charge in [-0.05, 0) is 122 Å². The van der Waals surface area contributed by atoms with Gasteiger partial charge < -0.3 is 4.57 Å². The van der Waals surface area contributed by atoms with Crippen molar-refractivity contribution in [3.05, 3.63) is 329 Å². The molecule has 0 unspecified atom stereocenters. The van der Waals surface area contributed by atoms with Crippen LogP contribution in [0, 0.1) is 0 Å². The van der Waals surface area contributed by atoms with Crippen molar-refractivity contribution in [3.63, 3.8) is 0 Å². The molecule has 444 valence electrons. The van der Waals surface area contributed by atoms with Gasteiger partial charge in [0.1, 0.15) is 0 Å².